The van der Waals surface area contributed by atoms with Gasteiger partial charge in [-0.05, 0) is 102 Å². The third-order valence-corrected chi connectivity index (χ3v) is 10.5. The number of aromatic nitrogens is 2. The summed E-state index contributed by atoms with van der Waals surface area (Å²) < 4.78 is 25.0. The smallest absolute Gasteiger partial charge is 0.226 e. The fourth-order valence-corrected chi connectivity index (χ4v) is 7.05. The maximum absolute atomic E-state index is 9.30. The van der Waals surface area contributed by atoms with Gasteiger partial charge in [0.2, 0.25) is 11.8 Å². The predicted molar refractivity (Wildman–Crippen MR) is 190 cm³/mol. The van der Waals surface area contributed by atoms with Crippen molar-refractivity contribution in [3.63, 3.8) is 0 Å². The minimum Gasteiger partial charge on any atom is -0.441 e. The summed E-state index contributed by atoms with van der Waals surface area (Å²) >= 11 is 2.49. The van der Waals surface area contributed by atoms with Crippen LogP contribution >= 0.6 is 22.6 Å². The summed E-state index contributed by atoms with van der Waals surface area (Å²) in [6, 6.07) is 16.4. The van der Waals surface area contributed by atoms with Crippen molar-refractivity contribution in [2.75, 3.05) is 11.0 Å². The average Bonchev–Trinajstić information content (AvgIpc) is 3.65. The molecule has 0 amide bonds. The third kappa shape index (κ3) is 9.75. The van der Waals surface area contributed by atoms with Crippen LogP contribution in [0.3, 0.4) is 0 Å². The number of hydrogen-bond acceptors (Lipinski definition) is 7. The van der Waals surface area contributed by atoms with E-state index in [0.29, 0.717) is 37.0 Å². The van der Waals surface area contributed by atoms with Crippen molar-refractivity contribution in [1.82, 2.24) is 9.97 Å². The predicted octanol–water partition coefficient (Wildman–Crippen LogP) is 9.49. The molecule has 2 heterocycles. The topological polar surface area (TPSA) is 90.8 Å². The largest absolute Gasteiger partial charge is 0.441 e. The number of aryl methyl sites for hydroxylation is 4. The molecule has 0 aliphatic heterocycles. The van der Waals surface area contributed by atoms with Crippen LogP contribution in [0.4, 0.5) is 0 Å². The molecule has 8 heteroatoms. The molecule has 2 aromatic heterocycles. The molecule has 0 spiro atoms. The van der Waals surface area contributed by atoms with Gasteiger partial charge in [0.05, 0.1) is 25.4 Å². The first kappa shape index (κ1) is 34.8. The number of alkyl halides is 1. The van der Waals surface area contributed by atoms with Crippen LogP contribution in [0.25, 0.3) is 22.9 Å². The molecule has 2 aliphatic rings. The zero-order chi connectivity index (χ0) is 32.5. The number of ether oxygens (including phenoxy) is 2. The molecule has 4 aromatic rings. The van der Waals surface area contributed by atoms with Crippen molar-refractivity contribution in [3.8, 4) is 22.9 Å². The molecule has 0 saturated heterocycles. The minimum absolute atomic E-state index is 0.222. The summed E-state index contributed by atoms with van der Waals surface area (Å²) in [5, 5.41) is 9.30. The van der Waals surface area contributed by atoms with E-state index in [4.69, 9.17) is 18.3 Å². The van der Waals surface area contributed by atoms with Gasteiger partial charge in [0.1, 0.15) is 22.9 Å². The van der Waals surface area contributed by atoms with Gasteiger partial charge in [-0.1, -0.05) is 70.8 Å². The van der Waals surface area contributed by atoms with E-state index >= 15 is 0 Å². The van der Waals surface area contributed by atoms with E-state index in [-0.39, 0.29) is 12.7 Å². The number of rotatable bonds is 10. The number of aliphatic hydroxyl groups is 1. The zero-order valence-corrected chi connectivity index (χ0v) is 29.9. The summed E-state index contributed by atoms with van der Waals surface area (Å²) in [6.07, 6.45) is 9.84. The van der Waals surface area contributed by atoms with Gasteiger partial charge >= 0.3 is 0 Å². The highest BCUT2D eigenvalue weighted by molar-refractivity contribution is 14.1. The van der Waals surface area contributed by atoms with Crippen molar-refractivity contribution in [1.29, 1.82) is 0 Å². The Kier molecular flexibility index (Phi) is 12.9. The van der Waals surface area contributed by atoms with E-state index in [9.17, 15) is 5.11 Å². The SMILES string of the molecule is Cc1ccc(-c2nc(COC3CCCC(CI)C3)c(C)o2)cc1.Cc1ccc(-c2nc(COC3CCCC(CO)C3)c(C)o2)cc1. The molecular formula is C38H49IN2O5. The maximum Gasteiger partial charge on any atom is 0.226 e. The second-order valence-corrected chi connectivity index (χ2v) is 13.9. The van der Waals surface area contributed by atoms with Gasteiger partial charge < -0.3 is 23.4 Å². The Bertz CT molecular complexity index is 1380. The van der Waals surface area contributed by atoms with E-state index < -0.39 is 0 Å². The molecule has 2 aliphatic carbocycles. The van der Waals surface area contributed by atoms with Crippen LogP contribution in [-0.4, -0.2) is 38.3 Å². The first-order chi connectivity index (χ1) is 22.3. The Hall–Kier alpha value is -2.53. The standard InChI is InChI=1S/C19H24INO2.C19H25NO3/c1-13-6-8-16(9-7-13)19-21-18(14(2)23-19)12-22-17-5-3-4-15(10-17)11-20;1-13-6-8-16(9-7-13)19-20-18(14(2)23-19)12-22-17-5-3-4-15(10-17)11-21/h6-9,15,17H,3-5,10-12H2,1-2H3;6-9,15,17,21H,3-5,10-12H2,1-2H3. The first-order valence-corrected chi connectivity index (χ1v) is 18.3. The molecule has 0 radical (unpaired) electrons. The molecule has 248 valence electrons. The summed E-state index contributed by atoms with van der Waals surface area (Å²) in [5.41, 5.74) is 6.26. The Balaban J connectivity index is 0.000000181. The lowest BCUT2D eigenvalue weighted by Gasteiger charge is -2.27. The third-order valence-electron chi connectivity index (χ3n) is 9.24. The summed E-state index contributed by atoms with van der Waals surface area (Å²) in [7, 11) is 0. The normalized spacial score (nSPS) is 21.5. The molecule has 2 saturated carbocycles. The van der Waals surface area contributed by atoms with E-state index in [1.165, 1.54) is 41.2 Å². The second-order valence-electron chi connectivity index (χ2n) is 13.0. The Labute approximate surface area is 287 Å². The molecule has 0 bridgehead atoms. The number of hydrogen-bond donors (Lipinski definition) is 1. The Morgan fingerprint density at radius 2 is 1.11 bits per heavy atom. The van der Waals surface area contributed by atoms with Crippen molar-refractivity contribution < 1.29 is 23.4 Å². The lowest BCUT2D eigenvalue weighted by atomic mass is 9.88. The van der Waals surface area contributed by atoms with Gasteiger partial charge in [-0.3, -0.25) is 0 Å². The number of oxazole rings is 2. The molecular weight excluding hydrogens is 691 g/mol. The number of halogens is 1. The quantitative estimate of drug-likeness (QED) is 0.128. The highest BCUT2D eigenvalue weighted by Crippen LogP contribution is 2.30. The summed E-state index contributed by atoms with van der Waals surface area (Å²) in [4.78, 5) is 9.23. The van der Waals surface area contributed by atoms with Gasteiger partial charge in [-0.15, -0.1) is 0 Å². The fraction of sp³-hybridized carbons (Fsp3) is 0.526. The molecule has 2 aromatic carbocycles. The lowest BCUT2D eigenvalue weighted by Crippen LogP contribution is -2.24. The van der Waals surface area contributed by atoms with Crippen LogP contribution in [0.2, 0.25) is 0 Å². The van der Waals surface area contributed by atoms with Crippen LogP contribution in [0.1, 0.15) is 85.4 Å². The van der Waals surface area contributed by atoms with Crippen molar-refractivity contribution >= 4 is 22.6 Å². The van der Waals surface area contributed by atoms with E-state index in [2.05, 4.69) is 82.8 Å². The molecule has 7 nitrogen and oxygen atoms in total. The lowest BCUT2D eigenvalue weighted by molar-refractivity contribution is -0.00771. The minimum atomic E-state index is 0.222. The first-order valence-electron chi connectivity index (χ1n) is 16.8. The molecule has 46 heavy (non-hydrogen) atoms. The van der Waals surface area contributed by atoms with Crippen LogP contribution in [0.15, 0.2) is 57.4 Å². The molecule has 4 atom stereocenters. The molecule has 2 fully saturated rings. The highest BCUT2D eigenvalue weighted by Gasteiger charge is 2.24. The van der Waals surface area contributed by atoms with Crippen LogP contribution in [0.5, 0.6) is 0 Å². The Morgan fingerprint density at radius 1 is 0.674 bits per heavy atom. The van der Waals surface area contributed by atoms with Gasteiger partial charge in [-0.25, -0.2) is 9.97 Å². The van der Waals surface area contributed by atoms with Crippen LogP contribution in [-0.2, 0) is 22.7 Å². The second kappa shape index (κ2) is 17.0. The summed E-state index contributed by atoms with van der Waals surface area (Å²) in [5.74, 6) is 4.22. The van der Waals surface area contributed by atoms with Gasteiger partial charge in [-0.2, -0.15) is 0 Å². The van der Waals surface area contributed by atoms with Crippen molar-refractivity contribution in [2.24, 2.45) is 11.8 Å². The Morgan fingerprint density at radius 3 is 1.54 bits per heavy atom. The van der Waals surface area contributed by atoms with E-state index in [1.54, 1.807) is 0 Å². The molecule has 6 rings (SSSR count). The number of aliphatic hydroxyl groups excluding tert-OH is 1. The van der Waals surface area contributed by atoms with Crippen molar-refractivity contribution in [3.05, 3.63) is 82.6 Å². The highest BCUT2D eigenvalue weighted by atomic mass is 127. The van der Waals surface area contributed by atoms with Crippen molar-refractivity contribution in [2.45, 2.75) is 104 Å². The van der Waals surface area contributed by atoms with Gasteiger partial charge in [0, 0.05) is 22.2 Å². The zero-order valence-electron chi connectivity index (χ0n) is 27.8. The van der Waals surface area contributed by atoms with Gasteiger partial charge in [0.15, 0.2) is 0 Å². The average molecular weight is 741 g/mol. The number of nitrogens with zero attached hydrogens (tertiary/aromatic N) is 2. The summed E-state index contributed by atoms with van der Waals surface area (Å²) in [6.45, 7) is 9.34. The van der Waals surface area contributed by atoms with E-state index in [0.717, 1.165) is 65.6 Å². The monoisotopic (exact) mass is 740 g/mol. The van der Waals surface area contributed by atoms with Crippen LogP contribution in [0, 0.1) is 39.5 Å². The molecule has 1 N–H and O–H groups in total. The van der Waals surface area contributed by atoms with Crippen LogP contribution < -0.4 is 0 Å². The van der Waals surface area contributed by atoms with Gasteiger partial charge in [0.25, 0.3) is 0 Å². The fourth-order valence-electron chi connectivity index (χ4n) is 6.25. The molecule has 4 unspecified atom stereocenters. The van der Waals surface area contributed by atoms with E-state index in [1.807, 2.05) is 26.0 Å². The number of benzene rings is 2. The maximum atomic E-state index is 9.30.